The van der Waals surface area contributed by atoms with Crippen LogP contribution in [0.1, 0.15) is 118 Å². The van der Waals surface area contributed by atoms with Crippen molar-refractivity contribution in [3.8, 4) is 0 Å². The van der Waals surface area contributed by atoms with Gasteiger partial charge in [0.15, 0.2) is 0 Å². The molecule has 0 saturated heterocycles. The molecule has 5 aliphatic rings. The van der Waals surface area contributed by atoms with Crippen LogP contribution in [0.4, 0.5) is 4.79 Å². The smallest absolute Gasteiger partial charge is 0.419 e. The molecule has 1 aromatic rings. The van der Waals surface area contributed by atoms with Crippen LogP contribution in [-0.4, -0.2) is 34.3 Å². The van der Waals surface area contributed by atoms with E-state index in [1.54, 1.807) is 19.3 Å². The number of hydrogen-bond donors (Lipinski definition) is 0. The van der Waals surface area contributed by atoms with Crippen molar-refractivity contribution in [3.63, 3.8) is 0 Å². The Morgan fingerprint density at radius 3 is 2.33 bits per heavy atom. The second-order valence-electron chi connectivity index (χ2n) is 16.9. The summed E-state index contributed by atoms with van der Waals surface area (Å²) in [5.74, 6) is 3.34. The summed E-state index contributed by atoms with van der Waals surface area (Å²) in [5.41, 5.74) is 2.04. The number of imidazole rings is 1. The minimum atomic E-state index is -0.302. The number of allylic oxidation sites excluding steroid dienone is 1. The fraction of sp³-hybridized carbons (Fsp3) is 0.811. The van der Waals surface area contributed by atoms with Gasteiger partial charge in [0.2, 0.25) is 0 Å². The van der Waals surface area contributed by atoms with E-state index in [0.29, 0.717) is 42.0 Å². The van der Waals surface area contributed by atoms with Crippen LogP contribution in [-0.2, 0) is 14.3 Å². The summed E-state index contributed by atoms with van der Waals surface area (Å²) in [5, 5.41) is 0. The maximum Gasteiger partial charge on any atom is 0.419 e. The monoisotopic (exact) mass is 592 g/mol. The number of hydrogen-bond acceptors (Lipinski definition) is 5. The summed E-state index contributed by atoms with van der Waals surface area (Å²) in [6, 6.07) is 0. The van der Waals surface area contributed by atoms with Crippen molar-refractivity contribution >= 4 is 12.1 Å². The Balaban J connectivity index is 1.30. The lowest BCUT2D eigenvalue weighted by Gasteiger charge is -2.73. The quantitative estimate of drug-likeness (QED) is 0.258. The molecule has 0 aliphatic heterocycles. The van der Waals surface area contributed by atoms with Crippen LogP contribution in [0.5, 0.6) is 0 Å². The van der Waals surface area contributed by atoms with E-state index in [4.69, 9.17) is 9.47 Å². The van der Waals surface area contributed by atoms with Crippen molar-refractivity contribution in [2.75, 3.05) is 6.61 Å². The molecule has 6 heteroatoms. The van der Waals surface area contributed by atoms with Gasteiger partial charge in [-0.15, -0.1) is 0 Å². The summed E-state index contributed by atoms with van der Waals surface area (Å²) in [6.07, 6.45) is 14.7. The van der Waals surface area contributed by atoms with E-state index in [-0.39, 0.29) is 45.2 Å². The van der Waals surface area contributed by atoms with Gasteiger partial charge in [0.1, 0.15) is 11.9 Å². The highest BCUT2D eigenvalue weighted by atomic mass is 16.6. The Morgan fingerprint density at radius 1 is 0.930 bits per heavy atom. The van der Waals surface area contributed by atoms with Gasteiger partial charge in [-0.25, -0.2) is 14.3 Å². The first-order valence-electron chi connectivity index (χ1n) is 17.1. The summed E-state index contributed by atoms with van der Waals surface area (Å²) in [7, 11) is 0. The third-order valence-electron chi connectivity index (χ3n) is 15.0. The molecule has 5 fully saturated rings. The molecule has 1 heterocycles. The average Bonchev–Trinajstić information content (AvgIpc) is 3.53. The third kappa shape index (κ3) is 4.34. The van der Waals surface area contributed by atoms with Crippen LogP contribution in [0.3, 0.4) is 0 Å². The molecule has 43 heavy (non-hydrogen) atoms. The van der Waals surface area contributed by atoms with Gasteiger partial charge in [-0.3, -0.25) is 4.79 Å². The van der Waals surface area contributed by atoms with Gasteiger partial charge in [-0.1, -0.05) is 46.8 Å². The van der Waals surface area contributed by atoms with E-state index < -0.39 is 0 Å². The highest BCUT2D eigenvalue weighted by Crippen LogP contribution is 2.77. The fourth-order valence-electron chi connectivity index (χ4n) is 12.8. The zero-order chi connectivity index (χ0) is 31.2. The molecule has 1 aromatic heterocycles. The number of nitrogens with zero attached hydrogens (tertiary/aromatic N) is 2. The molecule has 0 spiro atoms. The average molecular weight is 593 g/mol. The minimum Gasteiger partial charge on any atom is -0.462 e. The Morgan fingerprint density at radius 2 is 1.67 bits per heavy atom. The first-order chi connectivity index (χ1) is 20.1. The standard InChI is InChI=1S/C37H56N2O4/c1-23(2)26-12-17-37(22-42-32(41)39-21-20-38-24(39)3)19-18-35(8)27(31(26)37)10-11-29-34(7)15-14-30(43-25(4)40)33(5,6)28(34)13-16-36(29,35)9/h20-21,26-31H,1,10-19,22H2,2-9H3/t26-,27?,28?,29?,30-,31?,34-,35+,36+,37+/m0/s1. The molecule has 0 bridgehead atoms. The van der Waals surface area contributed by atoms with E-state index in [9.17, 15) is 9.59 Å². The van der Waals surface area contributed by atoms with E-state index in [1.807, 2.05) is 6.92 Å². The van der Waals surface area contributed by atoms with Crippen molar-refractivity contribution in [1.82, 2.24) is 9.55 Å². The Bertz CT molecular complexity index is 1300. The Hall–Kier alpha value is -2.11. The molecule has 0 aromatic carbocycles. The van der Waals surface area contributed by atoms with Crippen LogP contribution in [0.25, 0.3) is 0 Å². The fourth-order valence-corrected chi connectivity index (χ4v) is 12.8. The Labute approximate surface area is 259 Å². The number of carbonyl (C=O) groups excluding carboxylic acids is 2. The normalized spacial score (nSPS) is 44.7. The number of aryl methyl sites for hydroxylation is 1. The van der Waals surface area contributed by atoms with Crippen molar-refractivity contribution in [3.05, 3.63) is 30.4 Å². The van der Waals surface area contributed by atoms with Crippen molar-refractivity contribution < 1.29 is 19.1 Å². The minimum absolute atomic E-state index is 0.0123. The molecule has 6 nitrogen and oxygen atoms in total. The number of carbonyl (C=O) groups is 2. The first-order valence-corrected chi connectivity index (χ1v) is 17.1. The maximum absolute atomic E-state index is 13.1. The van der Waals surface area contributed by atoms with Gasteiger partial charge in [-0.05, 0) is 124 Å². The van der Waals surface area contributed by atoms with Gasteiger partial charge in [0.25, 0.3) is 0 Å². The second kappa shape index (κ2) is 10.2. The number of rotatable bonds is 4. The van der Waals surface area contributed by atoms with Crippen molar-refractivity contribution in [2.45, 2.75) is 126 Å². The number of esters is 1. The lowest BCUT2D eigenvalue weighted by Crippen LogP contribution is -2.67. The van der Waals surface area contributed by atoms with Crippen molar-refractivity contribution in [1.29, 1.82) is 0 Å². The van der Waals surface area contributed by atoms with Crippen LogP contribution < -0.4 is 0 Å². The van der Waals surface area contributed by atoms with Gasteiger partial charge in [-0.2, -0.15) is 0 Å². The van der Waals surface area contributed by atoms with E-state index >= 15 is 0 Å². The number of fused-ring (bicyclic) bond motifs is 7. The van der Waals surface area contributed by atoms with Gasteiger partial charge >= 0.3 is 12.1 Å². The molecule has 10 atom stereocenters. The van der Waals surface area contributed by atoms with Crippen LogP contribution >= 0.6 is 0 Å². The van der Waals surface area contributed by atoms with Crippen molar-refractivity contribution in [2.24, 2.45) is 56.7 Å². The van der Waals surface area contributed by atoms with E-state index in [1.165, 1.54) is 42.2 Å². The summed E-state index contributed by atoms with van der Waals surface area (Å²) < 4.78 is 13.6. The molecule has 6 rings (SSSR count). The molecular formula is C37H56N2O4. The lowest BCUT2D eigenvalue weighted by molar-refractivity contribution is -0.251. The first kappa shape index (κ1) is 30.9. The van der Waals surface area contributed by atoms with E-state index in [0.717, 1.165) is 32.1 Å². The SMILES string of the molecule is C=C(C)[C@@H]1CC[C@]2(COC(=O)n3ccnc3C)CC[C@]3(C)C(CCC4[C@@]5(C)CC[C@H](OC(C)=O)C(C)(C)C5CC[C@]43C)C12. The molecule has 0 N–H and O–H groups in total. The van der Waals surface area contributed by atoms with E-state index in [2.05, 4.69) is 53.1 Å². The predicted molar refractivity (Wildman–Crippen MR) is 168 cm³/mol. The topological polar surface area (TPSA) is 70.4 Å². The highest BCUT2D eigenvalue weighted by molar-refractivity contribution is 5.71. The molecule has 0 radical (unpaired) electrons. The molecule has 4 unspecified atom stereocenters. The number of ether oxygens (including phenoxy) is 2. The van der Waals surface area contributed by atoms with Gasteiger partial charge < -0.3 is 9.47 Å². The van der Waals surface area contributed by atoms with Crippen LogP contribution in [0.15, 0.2) is 24.5 Å². The predicted octanol–water partition coefficient (Wildman–Crippen LogP) is 8.77. The molecular weight excluding hydrogens is 536 g/mol. The summed E-state index contributed by atoms with van der Waals surface area (Å²) in [4.78, 5) is 29.4. The molecule has 238 valence electrons. The third-order valence-corrected chi connectivity index (χ3v) is 15.0. The zero-order valence-electron chi connectivity index (χ0n) is 28.1. The van der Waals surface area contributed by atoms with Crippen LogP contribution in [0, 0.1) is 63.6 Å². The maximum atomic E-state index is 13.1. The van der Waals surface area contributed by atoms with Crippen LogP contribution in [0.2, 0.25) is 0 Å². The Kier molecular flexibility index (Phi) is 7.33. The number of aromatic nitrogens is 2. The van der Waals surface area contributed by atoms with Gasteiger partial charge in [0, 0.05) is 30.1 Å². The molecule has 0 amide bonds. The largest absolute Gasteiger partial charge is 0.462 e. The molecule has 5 saturated carbocycles. The highest BCUT2D eigenvalue weighted by Gasteiger charge is 2.71. The lowest BCUT2D eigenvalue weighted by atomic mass is 9.32. The summed E-state index contributed by atoms with van der Waals surface area (Å²) >= 11 is 0. The second-order valence-corrected chi connectivity index (χ2v) is 16.9. The summed E-state index contributed by atoms with van der Waals surface area (Å²) in [6.45, 7) is 23.3. The molecule has 5 aliphatic carbocycles. The van der Waals surface area contributed by atoms with Gasteiger partial charge in [0.05, 0.1) is 6.61 Å². The zero-order valence-corrected chi connectivity index (χ0v) is 28.1.